The van der Waals surface area contributed by atoms with E-state index in [0.29, 0.717) is 17.6 Å². The summed E-state index contributed by atoms with van der Waals surface area (Å²) in [5.41, 5.74) is 3.75. The van der Waals surface area contributed by atoms with Gasteiger partial charge in [-0.05, 0) is 93.3 Å². The average Bonchev–Trinajstić information content (AvgIpc) is 2.87. The maximum absolute atomic E-state index is 12.6. The highest BCUT2D eigenvalue weighted by Gasteiger charge is 2.33. The second-order valence-electron chi connectivity index (χ2n) is 5.16. The lowest BCUT2D eigenvalue weighted by Crippen LogP contribution is -2.44. The topological polar surface area (TPSA) is 69.6 Å². The van der Waals surface area contributed by atoms with Crippen molar-refractivity contribution in [2.24, 2.45) is 0 Å². The van der Waals surface area contributed by atoms with Crippen LogP contribution in [0.5, 0.6) is 5.75 Å². The van der Waals surface area contributed by atoms with Crippen LogP contribution >= 0.6 is 69.2 Å². The predicted octanol–water partition coefficient (Wildman–Crippen LogP) is 4.15. The first-order chi connectivity index (χ1) is 12.4. The molecular weight excluding hydrogens is 598 g/mol. The van der Waals surface area contributed by atoms with E-state index in [-0.39, 0.29) is 16.0 Å². The third-order valence-electron chi connectivity index (χ3n) is 3.38. The largest absolute Gasteiger partial charge is 0.506 e. The van der Waals surface area contributed by atoms with E-state index >= 15 is 0 Å². The van der Waals surface area contributed by atoms with Crippen LogP contribution in [0.25, 0.3) is 6.08 Å². The number of carbonyl (C=O) groups excluding carboxylic acids is 2. The van der Waals surface area contributed by atoms with Crippen molar-refractivity contribution >= 4 is 91.4 Å². The minimum atomic E-state index is -0.406. The summed E-state index contributed by atoms with van der Waals surface area (Å²) in [5, 5.41) is 10.9. The molecule has 26 heavy (non-hydrogen) atoms. The number of halogens is 2. The van der Waals surface area contributed by atoms with E-state index in [1.807, 2.05) is 45.2 Å². The number of thioether (sulfide) groups is 1. The van der Waals surface area contributed by atoms with Crippen molar-refractivity contribution in [1.82, 2.24) is 10.4 Å². The van der Waals surface area contributed by atoms with Gasteiger partial charge < -0.3 is 5.11 Å². The third kappa shape index (κ3) is 4.21. The maximum atomic E-state index is 12.6. The third-order valence-corrected chi connectivity index (χ3v) is 6.33. The minimum absolute atomic E-state index is 0.214. The number of nitrogens with zero attached hydrogens (tertiary/aromatic N) is 1. The molecule has 0 atom stereocenters. The number of aromatic hydroxyl groups is 1. The Morgan fingerprint density at radius 3 is 2.42 bits per heavy atom. The van der Waals surface area contributed by atoms with Gasteiger partial charge in [0.05, 0.1) is 12.0 Å². The quantitative estimate of drug-likeness (QED) is 0.312. The van der Waals surface area contributed by atoms with Crippen molar-refractivity contribution in [3.63, 3.8) is 0 Å². The lowest BCUT2D eigenvalue weighted by atomic mass is 10.2. The summed E-state index contributed by atoms with van der Waals surface area (Å²) in [6.45, 7) is 0. The van der Waals surface area contributed by atoms with E-state index in [1.165, 1.54) is 0 Å². The molecule has 2 amide bonds. The van der Waals surface area contributed by atoms with E-state index in [2.05, 4.69) is 5.43 Å². The molecule has 1 heterocycles. The van der Waals surface area contributed by atoms with E-state index in [1.54, 1.807) is 48.5 Å². The zero-order chi connectivity index (χ0) is 18.8. The van der Waals surface area contributed by atoms with E-state index in [9.17, 15) is 14.7 Å². The molecule has 0 unspecified atom stereocenters. The molecule has 9 heteroatoms. The van der Waals surface area contributed by atoms with Crippen LogP contribution in [0.4, 0.5) is 0 Å². The molecule has 132 valence electrons. The molecule has 3 rings (SSSR count). The number of benzene rings is 2. The second-order valence-corrected chi connectivity index (χ2v) is 9.16. The van der Waals surface area contributed by atoms with Gasteiger partial charge in [0.15, 0.2) is 4.32 Å². The standard InChI is InChI=1S/C17H10I2N2O3S2/c18-11-6-9(7-12(19)14(11)22)8-13-16(24)21(17(25)26-13)20-15(23)10-4-2-1-3-5-10/h1-8,22H,(H,20,23)/b13-8+. The lowest BCUT2D eigenvalue weighted by molar-refractivity contribution is -0.123. The maximum Gasteiger partial charge on any atom is 0.285 e. The fourth-order valence-corrected chi connectivity index (χ4v) is 5.14. The monoisotopic (exact) mass is 608 g/mol. The summed E-state index contributed by atoms with van der Waals surface area (Å²) >= 11 is 10.4. The molecular formula is C17H10I2N2O3S2. The number of phenolic OH excluding ortho intramolecular Hbond substituents is 1. The highest BCUT2D eigenvalue weighted by Crippen LogP contribution is 2.33. The van der Waals surface area contributed by atoms with Gasteiger partial charge in [-0.1, -0.05) is 30.0 Å². The van der Waals surface area contributed by atoms with Crippen LogP contribution in [0.2, 0.25) is 0 Å². The molecule has 2 aromatic rings. The Hall–Kier alpha value is -1.18. The first-order valence-corrected chi connectivity index (χ1v) is 10.6. The Morgan fingerprint density at radius 2 is 1.81 bits per heavy atom. The summed E-state index contributed by atoms with van der Waals surface area (Å²) in [6.07, 6.45) is 1.69. The minimum Gasteiger partial charge on any atom is -0.506 e. The van der Waals surface area contributed by atoms with Gasteiger partial charge in [-0.3, -0.25) is 15.0 Å². The summed E-state index contributed by atoms with van der Waals surface area (Å²) in [6, 6.07) is 12.1. The molecule has 2 N–H and O–H groups in total. The molecule has 0 aliphatic carbocycles. The van der Waals surface area contributed by atoms with Gasteiger partial charge in [0, 0.05) is 5.56 Å². The van der Waals surface area contributed by atoms with Crippen molar-refractivity contribution in [2.75, 3.05) is 0 Å². The SMILES string of the molecule is O=C(NN1C(=O)/C(=C\c2cc(I)c(O)c(I)c2)SC1=S)c1ccccc1. The van der Waals surface area contributed by atoms with Gasteiger partial charge in [-0.15, -0.1) is 0 Å². The van der Waals surface area contributed by atoms with E-state index in [4.69, 9.17) is 12.2 Å². The van der Waals surface area contributed by atoms with Gasteiger partial charge in [-0.25, -0.2) is 0 Å². The molecule has 0 bridgehead atoms. The first kappa shape index (κ1) is 19.6. The van der Waals surface area contributed by atoms with Crippen LogP contribution in [0.15, 0.2) is 47.4 Å². The van der Waals surface area contributed by atoms with Crippen molar-refractivity contribution in [3.8, 4) is 5.75 Å². The average molecular weight is 608 g/mol. The van der Waals surface area contributed by atoms with Crippen molar-refractivity contribution in [2.45, 2.75) is 0 Å². The van der Waals surface area contributed by atoms with Crippen LogP contribution < -0.4 is 5.43 Å². The van der Waals surface area contributed by atoms with Gasteiger partial charge in [0.25, 0.3) is 11.8 Å². The summed E-state index contributed by atoms with van der Waals surface area (Å²) in [7, 11) is 0. The van der Waals surface area contributed by atoms with E-state index in [0.717, 1.165) is 22.3 Å². The van der Waals surface area contributed by atoms with E-state index < -0.39 is 5.91 Å². The molecule has 0 aromatic heterocycles. The van der Waals surface area contributed by atoms with Gasteiger partial charge in [0.2, 0.25) is 0 Å². The van der Waals surface area contributed by atoms with Crippen molar-refractivity contribution < 1.29 is 14.7 Å². The Bertz CT molecular complexity index is 925. The molecule has 0 radical (unpaired) electrons. The van der Waals surface area contributed by atoms with Gasteiger partial charge in [-0.2, -0.15) is 5.01 Å². The number of thiocarbonyl (C=S) groups is 1. The van der Waals surface area contributed by atoms with Crippen molar-refractivity contribution in [1.29, 1.82) is 0 Å². The van der Waals surface area contributed by atoms with Crippen LogP contribution in [0, 0.1) is 7.14 Å². The fourth-order valence-electron chi connectivity index (χ4n) is 2.14. The highest BCUT2D eigenvalue weighted by molar-refractivity contribution is 14.1. The Labute approximate surface area is 186 Å². The zero-order valence-electron chi connectivity index (χ0n) is 12.9. The Morgan fingerprint density at radius 1 is 1.19 bits per heavy atom. The van der Waals surface area contributed by atoms with Gasteiger partial charge in [0.1, 0.15) is 5.75 Å². The summed E-state index contributed by atoms with van der Waals surface area (Å²) in [4.78, 5) is 25.3. The molecule has 1 aliphatic heterocycles. The van der Waals surface area contributed by atoms with Crippen molar-refractivity contribution in [3.05, 3.63) is 65.6 Å². The molecule has 1 saturated heterocycles. The molecule has 0 spiro atoms. The molecule has 1 aliphatic rings. The summed E-state index contributed by atoms with van der Waals surface area (Å²) < 4.78 is 1.64. The number of amides is 2. The zero-order valence-corrected chi connectivity index (χ0v) is 18.9. The lowest BCUT2D eigenvalue weighted by Gasteiger charge is -2.15. The van der Waals surface area contributed by atoms with Gasteiger partial charge >= 0.3 is 0 Å². The molecule has 2 aromatic carbocycles. The number of carbonyl (C=O) groups is 2. The number of hydrazine groups is 1. The molecule has 1 fully saturated rings. The highest BCUT2D eigenvalue weighted by atomic mass is 127. The Kier molecular flexibility index (Phi) is 6.20. The Balaban J connectivity index is 1.82. The molecule has 5 nitrogen and oxygen atoms in total. The second kappa shape index (κ2) is 8.23. The number of nitrogens with one attached hydrogen (secondary N) is 1. The molecule has 0 saturated carbocycles. The first-order valence-electron chi connectivity index (χ1n) is 7.19. The number of hydrogen-bond donors (Lipinski definition) is 2. The van der Waals surface area contributed by atoms with Crippen LogP contribution in [0.3, 0.4) is 0 Å². The predicted molar refractivity (Wildman–Crippen MR) is 122 cm³/mol. The fraction of sp³-hybridized carbons (Fsp3) is 0. The number of phenols is 1. The smallest absolute Gasteiger partial charge is 0.285 e. The number of hydrogen-bond acceptors (Lipinski definition) is 5. The normalized spacial score (nSPS) is 15.6. The van der Waals surface area contributed by atoms with Crippen LogP contribution in [-0.4, -0.2) is 26.3 Å². The van der Waals surface area contributed by atoms with Crippen LogP contribution in [0.1, 0.15) is 15.9 Å². The number of rotatable bonds is 3. The van der Waals surface area contributed by atoms with Crippen LogP contribution in [-0.2, 0) is 4.79 Å². The summed E-state index contributed by atoms with van der Waals surface area (Å²) in [5.74, 6) is -0.578.